The molecule has 0 aromatic rings. The molecule has 68 valence electrons. The van der Waals surface area contributed by atoms with Crippen LogP contribution in [0.3, 0.4) is 0 Å². The van der Waals surface area contributed by atoms with Gasteiger partial charge >= 0.3 is 0 Å². The Morgan fingerprint density at radius 2 is 1.55 bits per heavy atom. The highest BCUT2D eigenvalue weighted by Gasteiger charge is 2.23. The van der Waals surface area contributed by atoms with Crippen molar-refractivity contribution in [3.05, 3.63) is 0 Å². The molecule has 0 saturated carbocycles. The average molecular weight is 160 g/mol. The summed E-state index contributed by atoms with van der Waals surface area (Å²) >= 11 is 0. The number of aliphatic hydroxyl groups excluding tert-OH is 2. The van der Waals surface area contributed by atoms with Crippen molar-refractivity contribution in [2.75, 3.05) is 0 Å². The van der Waals surface area contributed by atoms with Crippen LogP contribution >= 0.6 is 0 Å². The smallest absolute Gasteiger partial charge is 0.0613 e. The molecule has 0 rings (SSSR count). The van der Waals surface area contributed by atoms with E-state index < -0.39 is 0 Å². The molecule has 0 amide bonds. The molecule has 0 bridgehead atoms. The Bertz CT molecular complexity index is 102. The Labute approximate surface area is 69.2 Å². The van der Waals surface area contributed by atoms with Crippen LogP contribution in [0.15, 0.2) is 0 Å². The molecule has 2 N–H and O–H groups in total. The summed E-state index contributed by atoms with van der Waals surface area (Å²) in [7, 11) is 0. The first kappa shape index (κ1) is 10.9. The Balaban J connectivity index is 3.90. The zero-order valence-electron chi connectivity index (χ0n) is 7.91. The highest BCUT2D eigenvalue weighted by atomic mass is 16.3. The van der Waals surface area contributed by atoms with Crippen LogP contribution in [-0.2, 0) is 0 Å². The van der Waals surface area contributed by atoms with E-state index in [1.807, 2.05) is 27.7 Å². The minimum Gasteiger partial charge on any atom is -0.393 e. The molecule has 2 heteroatoms. The monoisotopic (exact) mass is 160 g/mol. The van der Waals surface area contributed by atoms with Crippen LogP contribution in [0, 0.1) is 11.8 Å². The van der Waals surface area contributed by atoms with Gasteiger partial charge < -0.3 is 10.2 Å². The molecule has 0 heterocycles. The fraction of sp³-hybridized carbons (Fsp3) is 1.00. The average Bonchev–Trinajstić information content (AvgIpc) is 2.00. The summed E-state index contributed by atoms with van der Waals surface area (Å²) in [5.74, 6) is 0.214. The standard InChI is InChI=1S/C9H20O2/c1-5-8(10)7(4)9(11)6(2)3/h6-11H,5H2,1-4H3/t7-,8-,9+/m1/s1. The molecule has 0 aliphatic rings. The van der Waals surface area contributed by atoms with Gasteiger partial charge in [0.15, 0.2) is 0 Å². The van der Waals surface area contributed by atoms with Crippen molar-refractivity contribution in [1.82, 2.24) is 0 Å². The fourth-order valence-corrected chi connectivity index (χ4v) is 1.21. The highest BCUT2D eigenvalue weighted by molar-refractivity contribution is 4.73. The van der Waals surface area contributed by atoms with Crippen molar-refractivity contribution in [3.8, 4) is 0 Å². The maximum Gasteiger partial charge on any atom is 0.0613 e. The van der Waals surface area contributed by atoms with Crippen molar-refractivity contribution in [2.24, 2.45) is 11.8 Å². The summed E-state index contributed by atoms with van der Waals surface area (Å²) in [6, 6.07) is 0. The van der Waals surface area contributed by atoms with Crippen molar-refractivity contribution in [3.63, 3.8) is 0 Å². The van der Waals surface area contributed by atoms with E-state index in [0.717, 1.165) is 0 Å². The van der Waals surface area contributed by atoms with Crippen LogP contribution < -0.4 is 0 Å². The largest absolute Gasteiger partial charge is 0.393 e. The molecule has 0 unspecified atom stereocenters. The lowest BCUT2D eigenvalue weighted by atomic mass is 9.89. The maximum atomic E-state index is 9.54. The zero-order valence-corrected chi connectivity index (χ0v) is 7.91. The van der Waals surface area contributed by atoms with Crippen LogP contribution in [-0.4, -0.2) is 22.4 Å². The third-order valence-corrected chi connectivity index (χ3v) is 2.25. The molecule has 0 aromatic carbocycles. The third kappa shape index (κ3) is 3.21. The van der Waals surface area contributed by atoms with Crippen LogP contribution in [0.5, 0.6) is 0 Å². The summed E-state index contributed by atoms with van der Waals surface area (Å²) in [6.45, 7) is 7.74. The molecule has 0 fully saturated rings. The van der Waals surface area contributed by atoms with Gasteiger partial charge in [-0.3, -0.25) is 0 Å². The summed E-state index contributed by atoms with van der Waals surface area (Å²) < 4.78 is 0. The van der Waals surface area contributed by atoms with Gasteiger partial charge in [-0.15, -0.1) is 0 Å². The topological polar surface area (TPSA) is 40.5 Å². The molecule has 0 aliphatic carbocycles. The first-order chi connectivity index (χ1) is 5.00. The third-order valence-electron chi connectivity index (χ3n) is 2.25. The van der Waals surface area contributed by atoms with Crippen molar-refractivity contribution >= 4 is 0 Å². The second kappa shape index (κ2) is 4.73. The SMILES string of the molecule is CC[C@@H](O)[C@@H](C)[C@@H](O)C(C)C. The first-order valence-electron chi connectivity index (χ1n) is 4.36. The van der Waals surface area contributed by atoms with E-state index in [9.17, 15) is 10.2 Å². The lowest BCUT2D eigenvalue weighted by molar-refractivity contribution is -0.00322. The quantitative estimate of drug-likeness (QED) is 0.653. The molecule has 0 aliphatic heterocycles. The Kier molecular flexibility index (Phi) is 4.69. The van der Waals surface area contributed by atoms with E-state index >= 15 is 0 Å². The van der Waals surface area contributed by atoms with Gasteiger partial charge in [-0.2, -0.15) is 0 Å². The molecule has 11 heavy (non-hydrogen) atoms. The van der Waals surface area contributed by atoms with Gasteiger partial charge in [0.05, 0.1) is 12.2 Å². The molecule has 0 radical (unpaired) electrons. The summed E-state index contributed by atoms with van der Waals surface area (Å²) in [4.78, 5) is 0. The van der Waals surface area contributed by atoms with E-state index in [-0.39, 0.29) is 24.0 Å². The minimum absolute atomic E-state index is 0.0139. The van der Waals surface area contributed by atoms with E-state index in [0.29, 0.717) is 6.42 Å². The van der Waals surface area contributed by atoms with Gasteiger partial charge in [0, 0.05) is 5.92 Å². The lowest BCUT2D eigenvalue weighted by Gasteiger charge is -2.25. The van der Waals surface area contributed by atoms with Gasteiger partial charge in [-0.05, 0) is 12.3 Å². The van der Waals surface area contributed by atoms with Gasteiger partial charge in [0.2, 0.25) is 0 Å². The summed E-state index contributed by atoms with van der Waals surface area (Å²) in [5.41, 5.74) is 0. The van der Waals surface area contributed by atoms with Crippen molar-refractivity contribution in [2.45, 2.75) is 46.3 Å². The molecule has 2 nitrogen and oxygen atoms in total. The summed E-state index contributed by atoms with van der Waals surface area (Å²) in [5, 5.41) is 18.9. The second-order valence-corrected chi connectivity index (χ2v) is 3.57. The Morgan fingerprint density at radius 1 is 1.09 bits per heavy atom. The van der Waals surface area contributed by atoms with E-state index in [1.165, 1.54) is 0 Å². The van der Waals surface area contributed by atoms with Gasteiger partial charge in [0.25, 0.3) is 0 Å². The number of rotatable bonds is 4. The Hall–Kier alpha value is -0.0800. The zero-order chi connectivity index (χ0) is 9.02. The van der Waals surface area contributed by atoms with Gasteiger partial charge in [0.1, 0.15) is 0 Å². The predicted molar refractivity (Wildman–Crippen MR) is 46.3 cm³/mol. The maximum absolute atomic E-state index is 9.54. The molecule has 0 aromatic heterocycles. The fourth-order valence-electron chi connectivity index (χ4n) is 1.21. The molecule has 3 atom stereocenters. The van der Waals surface area contributed by atoms with Crippen LogP contribution in [0.4, 0.5) is 0 Å². The van der Waals surface area contributed by atoms with E-state index in [1.54, 1.807) is 0 Å². The second-order valence-electron chi connectivity index (χ2n) is 3.57. The highest BCUT2D eigenvalue weighted by Crippen LogP contribution is 2.17. The number of aliphatic hydroxyl groups is 2. The van der Waals surface area contributed by atoms with E-state index in [4.69, 9.17) is 0 Å². The van der Waals surface area contributed by atoms with Crippen LogP contribution in [0.25, 0.3) is 0 Å². The lowest BCUT2D eigenvalue weighted by Crippen LogP contribution is -2.32. The molecule has 0 spiro atoms. The van der Waals surface area contributed by atoms with Crippen LogP contribution in [0.2, 0.25) is 0 Å². The van der Waals surface area contributed by atoms with Gasteiger partial charge in [-0.25, -0.2) is 0 Å². The number of hydrogen-bond donors (Lipinski definition) is 2. The number of hydrogen-bond acceptors (Lipinski definition) is 2. The van der Waals surface area contributed by atoms with Gasteiger partial charge in [-0.1, -0.05) is 27.7 Å². The van der Waals surface area contributed by atoms with Crippen molar-refractivity contribution in [1.29, 1.82) is 0 Å². The Morgan fingerprint density at radius 3 is 1.82 bits per heavy atom. The predicted octanol–water partition coefficient (Wildman–Crippen LogP) is 1.41. The minimum atomic E-state index is -0.384. The normalized spacial score (nSPS) is 19.9. The van der Waals surface area contributed by atoms with Crippen molar-refractivity contribution < 1.29 is 10.2 Å². The van der Waals surface area contributed by atoms with E-state index in [2.05, 4.69) is 0 Å². The summed E-state index contributed by atoms with van der Waals surface area (Å²) in [6.07, 6.45) is -0.0392. The molecular formula is C9H20O2. The molecular weight excluding hydrogens is 140 g/mol. The van der Waals surface area contributed by atoms with Crippen LogP contribution in [0.1, 0.15) is 34.1 Å². The first-order valence-corrected chi connectivity index (χ1v) is 4.36. The molecule has 0 saturated heterocycles.